The topological polar surface area (TPSA) is 66.9 Å². The molecule has 6 nitrogen and oxygen atoms in total. The third-order valence-corrected chi connectivity index (χ3v) is 7.14. The van der Waals surface area contributed by atoms with Crippen LogP contribution < -0.4 is 0 Å². The lowest BCUT2D eigenvalue weighted by Crippen LogP contribution is -2.50. The molecule has 0 N–H and O–H groups in total. The zero-order valence-corrected chi connectivity index (χ0v) is 14.5. The van der Waals surface area contributed by atoms with E-state index in [0.717, 1.165) is 32.1 Å². The number of piperidine rings is 1. The minimum absolute atomic E-state index is 0.118. The van der Waals surface area contributed by atoms with Crippen LogP contribution in [0.3, 0.4) is 0 Å². The molecule has 2 rings (SSSR count). The second-order valence-electron chi connectivity index (χ2n) is 6.39. The monoisotopic (exact) mass is 332 g/mol. The van der Waals surface area contributed by atoms with Crippen LogP contribution in [0.2, 0.25) is 0 Å². The predicted octanol–water partition coefficient (Wildman–Crippen LogP) is 1.08. The molecule has 1 aliphatic carbocycles. The molecule has 1 unspecified atom stereocenters. The van der Waals surface area contributed by atoms with Gasteiger partial charge in [-0.3, -0.25) is 4.79 Å². The Morgan fingerprint density at radius 3 is 2.55 bits per heavy atom. The molecule has 0 aromatic heterocycles. The van der Waals surface area contributed by atoms with Crippen LogP contribution in [0.25, 0.3) is 0 Å². The summed E-state index contributed by atoms with van der Waals surface area (Å²) in [6, 6.07) is 0. The summed E-state index contributed by atoms with van der Waals surface area (Å²) in [4.78, 5) is 14.3. The second kappa shape index (κ2) is 7.75. The van der Waals surface area contributed by atoms with Crippen molar-refractivity contribution in [1.82, 2.24) is 9.21 Å². The molecule has 1 saturated carbocycles. The van der Waals surface area contributed by atoms with E-state index in [9.17, 15) is 13.2 Å². The van der Waals surface area contributed by atoms with E-state index in [-0.39, 0.29) is 11.8 Å². The zero-order chi connectivity index (χ0) is 16.2. The van der Waals surface area contributed by atoms with E-state index in [0.29, 0.717) is 32.7 Å². The smallest absolute Gasteiger partial charge is 0.225 e. The van der Waals surface area contributed by atoms with Gasteiger partial charge in [-0.25, -0.2) is 12.7 Å². The van der Waals surface area contributed by atoms with Gasteiger partial charge in [-0.15, -0.1) is 0 Å². The van der Waals surface area contributed by atoms with Crippen LogP contribution in [-0.4, -0.2) is 69.2 Å². The summed E-state index contributed by atoms with van der Waals surface area (Å²) >= 11 is 0. The molecular weight excluding hydrogens is 304 g/mol. The number of carbonyl (C=O) groups is 1. The molecule has 0 spiro atoms. The second-order valence-corrected chi connectivity index (χ2v) is 8.71. The minimum Gasteiger partial charge on any atom is -0.383 e. The number of nitrogens with zero attached hydrogens (tertiary/aromatic N) is 2. The maximum absolute atomic E-state index is 12.6. The number of methoxy groups -OCH3 is 1. The zero-order valence-electron chi connectivity index (χ0n) is 13.7. The van der Waals surface area contributed by atoms with Gasteiger partial charge in [-0.2, -0.15) is 0 Å². The Balaban J connectivity index is 1.98. The van der Waals surface area contributed by atoms with Gasteiger partial charge in [0.2, 0.25) is 15.9 Å². The molecule has 1 aliphatic heterocycles. The molecule has 128 valence electrons. The number of rotatable bonds is 6. The summed E-state index contributed by atoms with van der Waals surface area (Å²) in [5.74, 6) is 0.282. The van der Waals surface area contributed by atoms with Crippen LogP contribution in [-0.2, 0) is 19.6 Å². The Hall–Kier alpha value is -0.660. The average molecular weight is 332 g/mol. The van der Waals surface area contributed by atoms with E-state index in [1.807, 2.05) is 0 Å². The fraction of sp³-hybridized carbons (Fsp3) is 0.933. The van der Waals surface area contributed by atoms with E-state index in [1.165, 1.54) is 4.31 Å². The fourth-order valence-electron chi connectivity index (χ4n) is 3.41. The molecule has 0 aromatic carbocycles. The van der Waals surface area contributed by atoms with Crippen molar-refractivity contribution in [3.8, 4) is 0 Å². The van der Waals surface area contributed by atoms with Crippen molar-refractivity contribution < 1.29 is 17.9 Å². The molecule has 0 bridgehead atoms. The van der Waals surface area contributed by atoms with Crippen molar-refractivity contribution in [2.24, 2.45) is 5.92 Å². The van der Waals surface area contributed by atoms with E-state index >= 15 is 0 Å². The van der Waals surface area contributed by atoms with Gasteiger partial charge in [0.15, 0.2) is 0 Å². The molecule has 2 fully saturated rings. The van der Waals surface area contributed by atoms with Crippen molar-refractivity contribution >= 4 is 15.9 Å². The Labute approximate surface area is 133 Å². The largest absolute Gasteiger partial charge is 0.383 e. The van der Waals surface area contributed by atoms with Crippen LogP contribution in [0.4, 0.5) is 0 Å². The molecule has 22 heavy (non-hydrogen) atoms. The number of hydrogen-bond acceptors (Lipinski definition) is 4. The highest BCUT2D eigenvalue weighted by molar-refractivity contribution is 7.89. The van der Waals surface area contributed by atoms with E-state index in [4.69, 9.17) is 4.74 Å². The van der Waals surface area contributed by atoms with Gasteiger partial charge in [-0.05, 0) is 25.7 Å². The summed E-state index contributed by atoms with van der Waals surface area (Å²) in [6.45, 7) is 1.78. The lowest BCUT2D eigenvalue weighted by atomic mass is 10.0. The first kappa shape index (κ1) is 17.7. The summed E-state index contributed by atoms with van der Waals surface area (Å²) in [7, 11) is -0.217. The first-order valence-corrected chi connectivity index (χ1v) is 9.70. The number of carbonyl (C=O) groups excluding carboxylic acids is 1. The molecule has 2 aliphatic rings. The number of ether oxygens (including phenoxy) is 1. The van der Waals surface area contributed by atoms with Crippen molar-refractivity contribution in [1.29, 1.82) is 0 Å². The van der Waals surface area contributed by atoms with E-state index in [2.05, 4.69) is 0 Å². The maximum Gasteiger partial charge on any atom is 0.225 e. The SMILES string of the molecule is COCCN(C)S(=O)(=O)C1CCCN(C(=O)C2CCCC2)C1. The van der Waals surface area contributed by atoms with Crippen molar-refractivity contribution in [2.75, 3.05) is 40.4 Å². The first-order chi connectivity index (χ1) is 10.5. The number of likely N-dealkylation sites (tertiary alicyclic amines) is 1. The average Bonchev–Trinajstić information content (AvgIpc) is 3.06. The number of amides is 1. The highest BCUT2D eigenvalue weighted by atomic mass is 32.2. The van der Waals surface area contributed by atoms with Crippen LogP contribution in [0.15, 0.2) is 0 Å². The van der Waals surface area contributed by atoms with Crippen LogP contribution in [0.1, 0.15) is 38.5 Å². The van der Waals surface area contributed by atoms with Gasteiger partial charge < -0.3 is 9.64 Å². The van der Waals surface area contributed by atoms with Crippen molar-refractivity contribution in [3.05, 3.63) is 0 Å². The Morgan fingerprint density at radius 2 is 1.91 bits per heavy atom. The predicted molar refractivity (Wildman–Crippen MR) is 85.0 cm³/mol. The lowest BCUT2D eigenvalue weighted by molar-refractivity contribution is -0.136. The summed E-state index contributed by atoms with van der Waals surface area (Å²) in [5, 5.41) is -0.478. The van der Waals surface area contributed by atoms with Crippen LogP contribution in [0.5, 0.6) is 0 Å². The molecule has 7 heteroatoms. The summed E-state index contributed by atoms with van der Waals surface area (Å²) in [5.41, 5.74) is 0. The standard InChI is InChI=1S/C15H28N2O4S/c1-16(10-11-21-2)22(19,20)14-8-5-9-17(12-14)15(18)13-6-3-4-7-13/h13-14H,3-12H2,1-2H3. The van der Waals surface area contributed by atoms with Crippen molar-refractivity contribution in [3.63, 3.8) is 0 Å². The quantitative estimate of drug-likeness (QED) is 0.730. The van der Waals surface area contributed by atoms with Gasteiger partial charge in [-0.1, -0.05) is 12.8 Å². The molecule has 1 atom stereocenters. The molecule has 1 amide bonds. The van der Waals surface area contributed by atoms with E-state index in [1.54, 1.807) is 19.1 Å². The van der Waals surface area contributed by atoms with Crippen molar-refractivity contribution in [2.45, 2.75) is 43.8 Å². The molecular formula is C15H28N2O4S. The number of sulfonamides is 1. The highest BCUT2D eigenvalue weighted by Crippen LogP contribution is 2.28. The summed E-state index contributed by atoms with van der Waals surface area (Å²) < 4.78 is 31.5. The van der Waals surface area contributed by atoms with Gasteiger partial charge >= 0.3 is 0 Å². The lowest BCUT2D eigenvalue weighted by Gasteiger charge is -2.35. The van der Waals surface area contributed by atoms with Crippen LogP contribution >= 0.6 is 0 Å². The van der Waals surface area contributed by atoms with Gasteiger partial charge in [0.25, 0.3) is 0 Å². The summed E-state index contributed by atoms with van der Waals surface area (Å²) in [6.07, 6.45) is 5.55. The normalized spacial score (nSPS) is 24.1. The maximum atomic E-state index is 12.6. The Kier molecular flexibility index (Phi) is 6.23. The molecule has 0 radical (unpaired) electrons. The van der Waals surface area contributed by atoms with E-state index < -0.39 is 15.3 Å². The van der Waals surface area contributed by atoms with Gasteiger partial charge in [0.05, 0.1) is 11.9 Å². The number of likely N-dealkylation sites (N-methyl/N-ethyl adjacent to an activating group) is 1. The molecule has 1 heterocycles. The Bertz CT molecular complexity index is 474. The Morgan fingerprint density at radius 1 is 1.23 bits per heavy atom. The third-order valence-electron chi connectivity index (χ3n) is 4.86. The molecule has 0 aromatic rings. The fourth-order valence-corrected chi connectivity index (χ4v) is 5.08. The van der Waals surface area contributed by atoms with Gasteiger partial charge in [0.1, 0.15) is 0 Å². The highest BCUT2D eigenvalue weighted by Gasteiger charge is 2.37. The van der Waals surface area contributed by atoms with Gasteiger partial charge in [0, 0.05) is 39.7 Å². The minimum atomic E-state index is -3.36. The third kappa shape index (κ3) is 4.00. The number of hydrogen-bond donors (Lipinski definition) is 0. The van der Waals surface area contributed by atoms with Crippen LogP contribution in [0, 0.1) is 5.92 Å². The first-order valence-electron chi connectivity index (χ1n) is 8.19. The molecule has 1 saturated heterocycles.